The Morgan fingerprint density at radius 1 is 0.378 bits per heavy atom. The van der Waals surface area contributed by atoms with Gasteiger partial charge in [0.1, 0.15) is 91.2 Å². The summed E-state index contributed by atoms with van der Waals surface area (Å²) in [6.07, 6.45) is -32.7. The summed E-state index contributed by atoms with van der Waals surface area (Å²) in [5.74, 6) is -0.788. The van der Waals surface area contributed by atoms with E-state index in [4.69, 9.17) is 153 Å². The number of nitrogens with zero attached hydrogens (tertiary/aromatic N) is 21. The minimum Gasteiger partial charge on any atom is -0.387 e. The van der Waals surface area contributed by atoms with E-state index >= 15 is 22.0 Å². The molecule has 61 nitrogen and oxygen atoms in total. The van der Waals surface area contributed by atoms with Gasteiger partial charge in [-0.2, -0.15) is 24.3 Å². The molecule has 0 aromatic carbocycles. The van der Waals surface area contributed by atoms with Gasteiger partial charge < -0.3 is 109 Å². The Morgan fingerprint density at radius 2 is 0.726 bits per heavy atom. The summed E-state index contributed by atoms with van der Waals surface area (Å²) in [5.41, 5.74) is 18.3. The van der Waals surface area contributed by atoms with Crippen molar-refractivity contribution in [3.63, 3.8) is 0 Å². The first-order chi connectivity index (χ1) is 63.9. The number of phosphoric ester groups is 1. The predicted octanol–water partition coefficient (Wildman–Crippen LogP) is -2.52. The molecule has 9 fully saturated rings. The summed E-state index contributed by atoms with van der Waals surface area (Å²) in [4.78, 5) is 171. The van der Waals surface area contributed by atoms with Crippen LogP contribution < -0.4 is 50.7 Å². The summed E-state index contributed by atoms with van der Waals surface area (Å²) < 4.78 is 212. The van der Waals surface area contributed by atoms with E-state index in [-0.39, 0.29) is 90.6 Å². The Labute approximate surface area is 765 Å². The number of phosphoric acid groups is 1. The summed E-state index contributed by atoms with van der Waals surface area (Å²) in [6, 6.07) is 0. The highest BCUT2D eigenvalue weighted by molar-refractivity contribution is 8.44. The van der Waals surface area contributed by atoms with E-state index in [0.29, 0.717) is 0 Å². The van der Waals surface area contributed by atoms with Crippen molar-refractivity contribution in [1.82, 2.24) is 128 Å². The number of ether oxygens (including phenoxy) is 6. The number of alkyl halides is 5. The number of aliphatic hydroxyl groups is 1. The summed E-state index contributed by atoms with van der Waals surface area (Å²) >= 11 is 24.5. The van der Waals surface area contributed by atoms with Crippen molar-refractivity contribution < 1.29 is 143 Å². The highest BCUT2D eigenvalue weighted by Gasteiger charge is 2.60. The van der Waals surface area contributed by atoms with Crippen molar-refractivity contribution in [3.05, 3.63) is 96.1 Å². The van der Waals surface area contributed by atoms with Crippen molar-refractivity contribution in [2.24, 2.45) is 0 Å². The third-order valence-electron chi connectivity index (χ3n) is 21.4. The number of aliphatic hydroxyl groups excluding tert-OH is 1. The van der Waals surface area contributed by atoms with E-state index in [9.17, 15) is 62.7 Å². The summed E-state index contributed by atoms with van der Waals surface area (Å²) in [5, 5.41) is 26.1. The molecule has 9 saturated heterocycles. The Bertz CT molecular complexity index is 7020. The molecule has 21 heterocycles. The molecule has 135 heavy (non-hydrogen) atoms. The van der Waals surface area contributed by atoms with Crippen LogP contribution in [0.15, 0.2) is 68.3 Å². The van der Waals surface area contributed by atoms with Crippen LogP contribution in [0.4, 0.5) is 45.6 Å². The number of nitrogens with two attached hydrogens (primary N) is 4. The van der Waals surface area contributed by atoms with Gasteiger partial charge in [-0.1, -0.05) is 22.7 Å². The first-order valence-electron chi connectivity index (χ1n) is 38.4. The van der Waals surface area contributed by atoms with Gasteiger partial charge >= 0.3 is 41.5 Å². The molecule has 0 saturated carbocycles. The van der Waals surface area contributed by atoms with E-state index in [1.54, 1.807) is 0 Å². The maximum atomic E-state index is 15.9. The Hall–Kier alpha value is -8.54. The van der Waals surface area contributed by atoms with Crippen LogP contribution in [0.5, 0.6) is 0 Å². The smallest absolute Gasteiger partial charge is 0.387 e. The highest BCUT2D eigenvalue weighted by Crippen LogP contribution is 2.61. The van der Waals surface area contributed by atoms with E-state index in [1.165, 1.54) is 21.8 Å². The average molecular weight is 2120 g/mol. The van der Waals surface area contributed by atoms with Gasteiger partial charge in [-0.05, 0) is 47.2 Å². The molecule has 12 aromatic rings. The fourth-order valence-electron chi connectivity index (χ4n) is 15.5. The number of thiol groups is 1. The summed E-state index contributed by atoms with van der Waals surface area (Å²) in [7, 11) is -5.15. The van der Waals surface area contributed by atoms with E-state index < -0.39 is 257 Å². The second-order valence-corrected chi connectivity index (χ2v) is 45.3. The molecule has 0 radical (unpaired) electrons. The van der Waals surface area contributed by atoms with Crippen molar-refractivity contribution >= 4 is 192 Å². The molecule has 30 atom stereocenters. The largest absolute Gasteiger partial charge is 0.472 e. The third-order valence-corrected chi connectivity index (χ3v) is 30.3. The van der Waals surface area contributed by atoms with Crippen LogP contribution in [0.3, 0.4) is 0 Å². The van der Waals surface area contributed by atoms with E-state index in [1.807, 2.05) is 0 Å². The van der Waals surface area contributed by atoms with Gasteiger partial charge in [0.25, 0.3) is 27.8 Å². The monoisotopic (exact) mass is 2120 g/mol. The van der Waals surface area contributed by atoms with E-state index in [0.717, 1.165) is 50.1 Å². The molecular formula is C58H63F5N30O31P6S5. The van der Waals surface area contributed by atoms with E-state index in [2.05, 4.69) is 113 Å². The molecule has 9 aliphatic heterocycles. The first kappa shape index (κ1) is 95.4. The van der Waals surface area contributed by atoms with Crippen molar-refractivity contribution in [3.8, 4) is 0 Å². The number of fused-ring (bicyclic) bond motifs is 15. The average Bonchev–Trinajstić information content (AvgIpc) is 1.63. The number of hydrogen-bond donors (Lipinski definition) is 16. The van der Waals surface area contributed by atoms with Crippen LogP contribution in [0.25, 0.3) is 67.0 Å². The first-order valence-corrected chi connectivity index (χ1v) is 52.9. The van der Waals surface area contributed by atoms with Crippen LogP contribution in [0, 0.1) is 0 Å². The van der Waals surface area contributed by atoms with Gasteiger partial charge in [-0.15, -0.1) is 10.2 Å². The number of halogens is 5. The van der Waals surface area contributed by atoms with Gasteiger partial charge in [0.05, 0.1) is 77.6 Å². The molecule has 12 aromatic heterocycles. The normalized spacial score (nSPS) is 37.7. The van der Waals surface area contributed by atoms with Crippen LogP contribution in [0.2, 0.25) is 0 Å². The summed E-state index contributed by atoms with van der Waals surface area (Å²) in [6.45, 7) is -26.4. The number of rotatable bonds is 6. The number of hydrogen-bond acceptors (Lipinski definition) is 49. The van der Waals surface area contributed by atoms with Gasteiger partial charge in [0.2, 0.25) is 17.8 Å². The predicted molar refractivity (Wildman–Crippen MR) is 451 cm³/mol. The van der Waals surface area contributed by atoms with Gasteiger partial charge in [0, 0.05) is 0 Å². The third kappa shape index (κ3) is 18.5. The van der Waals surface area contributed by atoms with Crippen molar-refractivity contribution in [1.29, 1.82) is 0 Å². The van der Waals surface area contributed by atoms with Crippen LogP contribution in [-0.4, -0.2) is 307 Å². The van der Waals surface area contributed by atoms with Crippen molar-refractivity contribution in [2.75, 3.05) is 62.6 Å². The lowest BCUT2D eigenvalue weighted by molar-refractivity contribution is -0.0630. The van der Waals surface area contributed by atoms with Crippen LogP contribution in [-0.2, 0) is 139 Å². The second-order valence-electron chi connectivity index (χ2n) is 29.9. The lowest BCUT2D eigenvalue weighted by atomic mass is 10.1. The number of nitrogens with one attached hydrogen (secondary N) is 5. The second kappa shape index (κ2) is 36.3. The van der Waals surface area contributed by atoms with Crippen molar-refractivity contribution in [2.45, 2.75) is 148 Å². The zero-order chi connectivity index (χ0) is 95.5. The zero-order valence-electron chi connectivity index (χ0n) is 66.4. The van der Waals surface area contributed by atoms with Gasteiger partial charge in [0.15, 0.2) is 136 Å². The molecule has 19 N–H and O–H groups in total. The maximum absolute atomic E-state index is 15.9. The number of aromatic nitrogens is 26. The minimum atomic E-state index is -5.15. The topological polar surface area (TPSA) is 813 Å². The minimum absolute atomic E-state index is 0.0109. The quantitative estimate of drug-likeness (QED) is 0.0464. The molecule has 0 amide bonds. The van der Waals surface area contributed by atoms with Gasteiger partial charge in [-0.25, -0.2) is 71.0 Å². The zero-order valence-corrected chi connectivity index (χ0v) is 75.9. The Kier molecular flexibility index (Phi) is 25.6. The molecule has 0 spiro atoms. The molecular weight excluding hydrogens is 2050 g/mol. The van der Waals surface area contributed by atoms with Crippen LogP contribution in [0.1, 0.15) is 37.4 Å². The molecule has 726 valence electrons. The molecule has 77 heteroatoms. The SMILES string of the molecule is Nc1nc2c(ncn2[C@@H]2O[C@@H]3COP(=O)(O)O[C@H]4[C@H](F)[C@H](n5cnc6c(N)ncnc65)O[C@@H]4COP(O)(=S)O[C@@H]2[C@@H]3F)c(=O)[nH]1.Nc1nc2c(ncn2[C@@H]2O[C@@H]3COP(O)(=S)O[C@H]4[C@H](F)[C@H](n5nnc6c(=O)[nH]cnc65)O[C@@H]4COP(=O)(S)O[C@@H]2[C@@H]3F)c(=O)[nH]1.Nc1nc2c(ncn2[C@@H]2O[C@@H]3COP(O)(=S)O[C@H]4[C@H](F)[C@H](n5nnc6c(=O)[nH]cnc65)O[C@@H]4COP(O)(=S)O[C@@H]2[C@@H]3O)c(=O)[nH]1. The maximum Gasteiger partial charge on any atom is 0.472 e. The fraction of sp³-hybridized carbons (Fsp3) is 0.517. The van der Waals surface area contributed by atoms with Gasteiger partial charge in [-0.3, -0.25) is 93.4 Å². The molecule has 6 bridgehead atoms. The fourth-order valence-corrected chi connectivity index (χ4v) is 23.6. The molecule has 6 unspecified atom stereocenters. The highest BCUT2D eigenvalue weighted by atomic mass is 32.7. The standard InChI is InChI=1S/C20H22F2N10O10P2S.C19H20F2N10O10P2S2.C19H21FN10O11P2S2/c21-8-6-1-37-43(34,35)41-12-7(40-18(9(12)22)31-4-27-10-14(23)25-3-26-15(10)31)2-38-44(36,45)42-13(8)19(39-6)32-5-28-11-16(32)29-20(24)30-17(11)33;20-7-5-1-36-42(34,44)40-11-6(39-17(8(11)21)31-13-10(28-29-31)15(32)24-3-23-13)2-37-43(35,45)41-12(7)18(38-5)30-4-25-9-14(30)26-19(22)27-16(9)33;20-7-11-6(39-17(7)30-13-9(27-28-30)15(32)23-3-22-13)2-37-43(35,45)41-12-10(31)5(1-36-42(34,44)40-11)38-18(12)29-4-24-8-14(29)25-19(21)26-16(8)33/h3-9,12-13,18-19H,1-2H2,(H,34,35)(H,36,45)(H2,23,25,26)(H3,24,29,30,33);3-8,11-12,17-18H,1-2H2,(H,34,44)(H,35,45)(H,23,24,32)(H3,22,26,27,33);3-7,10-12,17-18,31H,1-2H2,(H,34,44)(H,35,45)(H,22,23,32)(H3,21,25,26,33)/t6-,7-,8-,9+,12-,13-,18-,19-,44?;5-,6-,7-,8+,11-,12-,17-,18-,42?,43?;5-,6-,7+,10-,11-,12-,17-,18-,42?,43?/m111/s1. The number of anilines is 4. The Balaban J connectivity index is 0.000000130. The molecule has 9 aliphatic rings. The lowest BCUT2D eigenvalue weighted by Gasteiger charge is -2.27. The Morgan fingerprint density at radius 3 is 1.19 bits per heavy atom. The molecule has 21 rings (SSSR count). The lowest BCUT2D eigenvalue weighted by Crippen LogP contribution is -2.35. The number of aromatic amines is 5. The number of H-pyrrole nitrogens is 5. The van der Waals surface area contributed by atoms with Crippen LogP contribution >= 0.6 is 53.7 Å². The number of nitrogen functional groups attached to an aromatic ring is 4. The number of imidazole rings is 4. The molecule has 0 aliphatic carbocycles.